The Labute approximate surface area is 192 Å². The molecule has 31 heavy (non-hydrogen) atoms. The zero-order valence-electron chi connectivity index (χ0n) is 17.2. The van der Waals surface area contributed by atoms with Crippen LogP contribution in [0.25, 0.3) is 0 Å². The van der Waals surface area contributed by atoms with Gasteiger partial charge in [0.25, 0.3) is 0 Å². The molecule has 9 N–H and O–H groups in total. The maximum Gasteiger partial charge on any atom is 0.229 e. The minimum atomic E-state index is -0.0284. The molecule has 168 valence electrons. The van der Waals surface area contributed by atoms with Gasteiger partial charge in [0.1, 0.15) is 11.6 Å². The van der Waals surface area contributed by atoms with Crippen molar-refractivity contribution >= 4 is 46.5 Å². The smallest absolute Gasteiger partial charge is 0.229 e. The van der Waals surface area contributed by atoms with E-state index in [4.69, 9.17) is 56.1 Å². The highest BCUT2D eigenvalue weighted by atomic mass is 35.5. The van der Waals surface area contributed by atoms with E-state index in [0.717, 1.165) is 24.3 Å². The molecule has 9 nitrogen and oxygen atoms in total. The third-order valence-electron chi connectivity index (χ3n) is 5.53. The van der Waals surface area contributed by atoms with Crippen LogP contribution in [0.1, 0.15) is 12.8 Å². The number of benzene rings is 1. The summed E-state index contributed by atoms with van der Waals surface area (Å²) >= 11 is 12.2. The second-order valence-electron chi connectivity index (χ2n) is 8.49. The summed E-state index contributed by atoms with van der Waals surface area (Å²) < 4.78 is 0. The largest absolute Gasteiger partial charge is 0.353 e. The molecule has 2 aliphatic rings. The minimum absolute atomic E-state index is 0.00882. The van der Waals surface area contributed by atoms with Crippen LogP contribution in [0.2, 0.25) is 10.0 Å². The van der Waals surface area contributed by atoms with Gasteiger partial charge in [0, 0.05) is 62.1 Å². The molecule has 4 unspecified atom stereocenters. The van der Waals surface area contributed by atoms with E-state index in [9.17, 15) is 0 Å². The molecule has 4 rings (SSSR count). The van der Waals surface area contributed by atoms with Gasteiger partial charge in [0.15, 0.2) is 0 Å². The molecule has 4 atom stereocenters. The minimum Gasteiger partial charge on any atom is -0.353 e. The van der Waals surface area contributed by atoms with Gasteiger partial charge in [0.2, 0.25) is 5.95 Å². The van der Waals surface area contributed by atoms with Crippen LogP contribution in [-0.2, 0) is 0 Å². The Balaban J connectivity index is 1.68. The number of nitrogens with one attached hydrogen (secondary N) is 1. The van der Waals surface area contributed by atoms with Gasteiger partial charge in [-0.3, -0.25) is 0 Å². The molecular weight excluding hydrogens is 437 g/mol. The average Bonchev–Trinajstić information content (AvgIpc) is 2.69. The summed E-state index contributed by atoms with van der Waals surface area (Å²) in [6.45, 7) is 2.63. The van der Waals surface area contributed by atoms with E-state index >= 15 is 0 Å². The maximum atomic E-state index is 6.21. The molecule has 0 amide bonds. The Hall–Kier alpha value is -1.88. The maximum absolute atomic E-state index is 6.21. The van der Waals surface area contributed by atoms with Gasteiger partial charge in [0.05, 0.1) is 10.0 Å². The Morgan fingerprint density at radius 3 is 1.94 bits per heavy atom. The number of halogens is 2. The van der Waals surface area contributed by atoms with Crippen LogP contribution in [0.3, 0.4) is 0 Å². The molecule has 0 aliphatic carbocycles. The van der Waals surface area contributed by atoms with Crippen LogP contribution in [0.15, 0.2) is 24.3 Å². The molecule has 0 saturated carbocycles. The number of anilines is 4. The lowest BCUT2D eigenvalue weighted by molar-refractivity contribution is 0.443. The number of rotatable bonds is 4. The first-order chi connectivity index (χ1) is 14.8. The molecule has 0 spiro atoms. The van der Waals surface area contributed by atoms with Gasteiger partial charge in [-0.2, -0.15) is 9.97 Å². The van der Waals surface area contributed by atoms with E-state index in [0.29, 0.717) is 48.0 Å². The van der Waals surface area contributed by atoms with Gasteiger partial charge in [-0.25, -0.2) is 0 Å². The second kappa shape index (κ2) is 9.32. The highest BCUT2D eigenvalue weighted by Gasteiger charge is 2.28. The van der Waals surface area contributed by atoms with E-state index < -0.39 is 0 Å². The van der Waals surface area contributed by atoms with E-state index in [1.54, 1.807) is 12.1 Å². The van der Waals surface area contributed by atoms with Crippen LogP contribution >= 0.6 is 23.2 Å². The quantitative estimate of drug-likeness (QED) is 0.449. The van der Waals surface area contributed by atoms with Gasteiger partial charge < -0.3 is 38.1 Å². The Morgan fingerprint density at radius 2 is 1.35 bits per heavy atom. The molecule has 2 saturated heterocycles. The Kier molecular flexibility index (Phi) is 6.71. The second-order valence-corrected chi connectivity index (χ2v) is 9.30. The van der Waals surface area contributed by atoms with Crippen LogP contribution in [0.5, 0.6) is 0 Å². The third-order valence-corrected chi connectivity index (χ3v) is 6.27. The molecule has 1 aromatic heterocycles. The Morgan fingerprint density at radius 1 is 0.774 bits per heavy atom. The molecule has 0 radical (unpaired) electrons. The normalized spacial score (nSPS) is 26.8. The van der Waals surface area contributed by atoms with Crippen LogP contribution in [0.4, 0.5) is 23.3 Å². The summed E-state index contributed by atoms with van der Waals surface area (Å²) in [4.78, 5) is 13.7. The number of aromatic nitrogens is 2. The number of nitrogens with zero attached hydrogens (tertiary/aromatic N) is 4. The van der Waals surface area contributed by atoms with Gasteiger partial charge in [-0.05, 0) is 31.0 Å². The monoisotopic (exact) mass is 465 g/mol. The van der Waals surface area contributed by atoms with Crippen LogP contribution < -0.4 is 38.1 Å². The fraction of sp³-hybridized carbons (Fsp3) is 0.500. The van der Waals surface area contributed by atoms with Crippen molar-refractivity contribution in [3.63, 3.8) is 0 Å². The highest BCUT2D eigenvalue weighted by Crippen LogP contribution is 2.29. The van der Waals surface area contributed by atoms with E-state index in [1.165, 1.54) is 0 Å². The van der Waals surface area contributed by atoms with Crippen molar-refractivity contribution in [3.8, 4) is 0 Å². The van der Waals surface area contributed by atoms with Crippen molar-refractivity contribution in [3.05, 3.63) is 34.3 Å². The van der Waals surface area contributed by atoms with Crippen molar-refractivity contribution in [2.24, 2.45) is 22.9 Å². The zero-order chi connectivity index (χ0) is 22.1. The number of hydrogen-bond acceptors (Lipinski definition) is 9. The van der Waals surface area contributed by atoms with Crippen molar-refractivity contribution in [1.29, 1.82) is 0 Å². The van der Waals surface area contributed by atoms with Gasteiger partial charge in [-0.15, -0.1) is 0 Å². The lowest BCUT2D eigenvalue weighted by Crippen LogP contribution is -2.53. The molecule has 3 heterocycles. The molecule has 2 fully saturated rings. The Bertz CT molecular complexity index is 863. The molecule has 2 aliphatic heterocycles. The zero-order valence-corrected chi connectivity index (χ0v) is 18.7. The SMILES string of the molecule is NC1CC(N)CN(c2cc(Nc3ccc(Cl)c(Cl)c3)nc(N3CC(N)CC(N)C3)n2)C1. The predicted octanol–water partition coefficient (Wildman–Crippen LogP) is 1.26. The standard InChI is InChI=1S/C20H29Cl2N9/c21-16-2-1-15(5-17(16)22)27-18-6-19(30-7-11(23)3-12(24)8-30)29-20(28-18)31-9-13(25)4-14(26)10-31/h1-2,5-6,11-14H,3-4,7-10,23-26H2,(H,27,28,29). The first-order valence-electron chi connectivity index (χ1n) is 10.4. The van der Waals surface area contributed by atoms with E-state index in [2.05, 4.69) is 10.2 Å². The first kappa shape index (κ1) is 22.3. The van der Waals surface area contributed by atoms with E-state index in [-0.39, 0.29) is 24.2 Å². The lowest BCUT2D eigenvalue weighted by Gasteiger charge is -2.37. The fourth-order valence-corrected chi connectivity index (χ4v) is 4.52. The summed E-state index contributed by atoms with van der Waals surface area (Å²) in [6, 6.07) is 7.15. The highest BCUT2D eigenvalue weighted by molar-refractivity contribution is 6.42. The van der Waals surface area contributed by atoms with Crippen molar-refractivity contribution in [2.75, 3.05) is 41.3 Å². The lowest BCUT2D eigenvalue weighted by atomic mass is 10.0. The average molecular weight is 466 g/mol. The first-order valence-corrected chi connectivity index (χ1v) is 11.2. The van der Waals surface area contributed by atoms with Crippen molar-refractivity contribution < 1.29 is 0 Å². The summed E-state index contributed by atoms with van der Waals surface area (Å²) in [7, 11) is 0. The topological polar surface area (TPSA) is 148 Å². The van der Waals surface area contributed by atoms with Gasteiger partial charge in [-0.1, -0.05) is 23.2 Å². The van der Waals surface area contributed by atoms with Crippen molar-refractivity contribution in [1.82, 2.24) is 9.97 Å². The van der Waals surface area contributed by atoms with E-state index in [1.807, 2.05) is 17.0 Å². The summed E-state index contributed by atoms with van der Waals surface area (Å²) in [5, 5.41) is 4.25. The number of hydrogen-bond donors (Lipinski definition) is 5. The van der Waals surface area contributed by atoms with Crippen LogP contribution in [0, 0.1) is 0 Å². The molecule has 0 bridgehead atoms. The summed E-state index contributed by atoms with van der Waals surface area (Å²) in [6.07, 6.45) is 1.57. The fourth-order valence-electron chi connectivity index (χ4n) is 4.22. The molecule has 2 aromatic rings. The number of piperidine rings is 2. The molecular formula is C20H29Cl2N9. The number of nitrogens with two attached hydrogens (primary N) is 4. The molecule has 1 aromatic carbocycles. The van der Waals surface area contributed by atoms with Gasteiger partial charge >= 0.3 is 0 Å². The van der Waals surface area contributed by atoms with Crippen molar-refractivity contribution in [2.45, 2.75) is 37.0 Å². The predicted molar refractivity (Wildman–Crippen MR) is 127 cm³/mol. The van der Waals surface area contributed by atoms with Crippen LogP contribution in [-0.4, -0.2) is 60.3 Å². The molecule has 11 heteroatoms. The third kappa shape index (κ3) is 5.49. The summed E-state index contributed by atoms with van der Waals surface area (Å²) in [5.74, 6) is 1.95. The summed E-state index contributed by atoms with van der Waals surface area (Å²) in [5.41, 5.74) is 25.6.